The molecule has 2 aliphatic rings. The molecule has 6 nitrogen and oxygen atoms in total. The molecule has 2 fully saturated rings. The summed E-state index contributed by atoms with van der Waals surface area (Å²) in [4.78, 5) is 36.1. The van der Waals surface area contributed by atoms with Gasteiger partial charge in [0.05, 0.1) is 0 Å². The Hall–Kier alpha value is -1.43. The van der Waals surface area contributed by atoms with Crippen molar-refractivity contribution in [2.75, 3.05) is 6.54 Å². The molecular formula is C10H15N3O3. The lowest BCUT2D eigenvalue weighted by Crippen LogP contribution is -2.64. The van der Waals surface area contributed by atoms with Crippen molar-refractivity contribution in [1.29, 1.82) is 0 Å². The Morgan fingerprint density at radius 1 is 1.56 bits per heavy atom. The van der Waals surface area contributed by atoms with Crippen molar-refractivity contribution in [3.05, 3.63) is 0 Å². The number of carbonyl (C=O) groups is 3. The summed E-state index contributed by atoms with van der Waals surface area (Å²) < 4.78 is 0. The molecule has 2 rings (SSSR count). The topological polar surface area (TPSA) is 92.5 Å². The van der Waals surface area contributed by atoms with Crippen LogP contribution >= 0.6 is 0 Å². The lowest BCUT2D eigenvalue weighted by molar-refractivity contribution is -0.148. The van der Waals surface area contributed by atoms with E-state index in [0.29, 0.717) is 13.0 Å². The molecule has 0 aromatic heterocycles. The van der Waals surface area contributed by atoms with Crippen molar-refractivity contribution in [2.24, 2.45) is 5.73 Å². The van der Waals surface area contributed by atoms with Crippen LogP contribution in [0.3, 0.4) is 0 Å². The third kappa shape index (κ3) is 1.69. The predicted molar refractivity (Wildman–Crippen MR) is 55.3 cm³/mol. The van der Waals surface area contributed by atoms with Gasteiger partial charge in [0.2, 0.25) is 11.8 Å². The van der Waals surface area contributed by atoms with Gasteiger partial charge in [-0.15, -0.1) is 0 Å². The summed E-state index contributed by atoms with van der Waals surface area (Å²) in [5.74, 6) is -0.538. The molecule has 0 aliphatic carbocycles. The van der Waals surface area contributed by atoms with Crippen molar-refractivity contribution in [3.8, 4) is 0 Å². The van der Waals surface area contributed by atoms with Crippen molar-refractivity contribution in [1.82, 2.24) is 10.2 Å². The fourth-order valence-electron chi connectivity index (χ4n) is 2.34. The van der Waals surface area contributed by atoms with E-state index in [1.54, 1.807) is 0 Å². The molecule has 0 saturated carbocycles. The molecular weight excluding hydrogens is 210 g/mol. The smallest absolute Gasteiger partial charge is 0.246 e. The van der Waals surface area contributed by atoms with E-state index in [2.05, 4.69) is 5.32 Å². The van der Waals surface area contributed by atoms with E-state index < -0.39 is 12.1 Å². The lowest BCUT2D eigenvalue weighted by Gasteiger charge is -2.35. The van der Waals surface area contributed by atoms with Gasteiger partial charge in [-0.3, -0.25) is 14.4 Å². The molecule has 3 N–H and O–H groups in total. The first-order valence-electron chi connectivity index (χ1n) is 5.36. The maximum Gasteiger partial charge on any atom is 0.246 e. The number of carbonyl (C=O) groups excluding carboxylic acids is 3. The number of rotatable bonds is 2. The summed E-state index contributed by atoms with van der Waals surface area (Å²) in [6.45, 7) is 1.91. The zero-order valence-electron chi connectivity index (χ0n) is 9.10. The van der Waals surface area contributed by atoms with Crippen molar-refractivity contribution >= 4 is 17.6 Å². The Labute approximate surface area is 93.1 Å². The minimum absolute atomic E-state index is 0.0586. The lowest BCUT2D eigenvalue weighted by atomic mass is 10.0. The largest absolute Gasteiger partial charge is 0.342 e. The Morgan fingerprint density at radius 3 is 2.88 bits per heavy atom. The Bertz CT molecular complexity index is 355. The molecule has 88 valence electrons. The average Bonchev–Trinajstić information content (AvgIpc) is 2.56. The van der Waals surface area contributed by atoms with Gasteiger partial charge in [0.25, 0.3) is 0 Å². The maximum absolute atomic E-state index is 11.9. The Kier molecular flexibility index (Phi) is 2.67. The number of Topliss-reactive ketones (excluding diaryl/α,β-unsaturated/α-hetero) is 1. The molecule has 0 spiro atoms. The van der Waals surface area contributed by atoms with Crippen LogP contribution in [0, 0.1) is 0 Å². The van der Waals surface area contributed by atoms with Crippen LogP contribution in [-0.2, 0) is 14.4 Å². The molecule has 0 bridgehead atoms. The van der Waals surface area contributed by atoms with Crippen LogP contribution in [0.15, 0.2) is 0 Å². The molecule has 16 heavy (non-hydrogen) atoms. The molecule has 2 amide bonds. The highest BCUT2D eigenvalue weighted by Crippen LogP contribution is 2.22. The summed E-state index contributed by atoms with van der Waals surface area (Å²) in [5, 5.41) is 2.57. The summed E-state index contributed by atoms with van der Waals surface area (Å²) in [6, 6.07) is -1.54. The Morgan fingerprint density at radius 2 is 2.25 bits per heavy atom. The van der Waals surface area contributed by atoms with Crippen molar-refractivity contribution in [3.63, 3.8) is 0 Å². The molecule has 0 aromatic carbocycles. The van der Waals surface area contributed by atoms with Gasteiger partial charge in [-0.1, -0.05) is 0 Å². The van der Waals surface area contributed by atoms with Crippen LogP contribution in [0.1, 0.15) is 19.8 Å². The van der Waals surface area contributed by atoms with Gasteiger partial charge in [0, 0.05) is 19.0 Å². The fourth-order valence-corrected chi connectivity index (χ4v) is 2.34. The molecule has 2 aliphatic heterocycles. The van der Waals surface area contributed by atoms with Gasteiger partial charge < -0.3 is 16.0 Å². The first-order valence-corrected chi connectivity index (χ1v) is 5.36. The number of hydrogen-bond acceptors (Lipinski definition) is 4. The van der Waals surface area contributed by atoms with E-state index in [1.807, 2.05) is 0 Å². The summed E-state index contributed by atoms with van der Waals surface area (Å²) in [5.41, 5.74) is 5.77. The molecule has 3 atom stereocenters. The SMILES string of the molecule is CC(=O)CC1NC(=O)C2C(N)CCN2C1=O. The van der Waals surface area contributed by atoms with Crippen LogP contribution < -0.4 is 11.1 Å². The molecule has 0 aromatic rings. The third-order valence-electron chi connectivity index (χ3n) is 3.10. The number of hydrogen-bond donors (Lipinski definition) is 2. The van der Waals surface area contributed by atoms with E-state index in [1.165, 1.54) is 11.8 Å². The summed E-state index contributed by atoms with van der Waals surface area (Å²) in [6.07, 6.45) is 0.694. The number of nitrogens with zero attached hydrogens (tertiary/aromatic N) is 1. The van der Waals surface area contributed by atoms with Gasteiger partial charge in [0.15, 0.2) is 0 Å². The fraction of sp³-hybridized carbons (Fsp3) is 0.700. The highest BCUT2D eigenvalue weighted by atomic mass is 16.2. The van der Waals surface area contributed by atoms with Gasteiger partial charge in [0.1, 0.15) is 17.9 Å². The normalized spacial score (nSPS) is 33.6. The van der Waals surface area contributed by atoms with E-state index in [9.17, 15) is 14.4 Å². The first kappa shape index (κ1) is 11.1. The van der Waals surface area contributed by atoms with Crippen LogP contribution in [-0.4, -0.2) is 47.2 Å². The zero-order valence-corrected chi connectivity index (χ0v) is 9.10. The second-order valence-electron chi connectivity index (χ2n) is 4.40. The van der Waals surface area contributed by atoms with Crippen molar-refractivity contribution < 1.29 is 14.4 Å². The summed E-state index contributed by atoms with van der Waals surface area (Å²) in [7, 11) is 0. The highest BCUT2D eigenvalue weighted by Gasteiger charge is 2.46. The Balaban J connectivity index is 2.16. The minimum atomic E-state index is -0.702. The molecule has 2 heterocycles. The second-order valence-corrected chi connectivity index (χ2v) is 4.40. The predicted octanol–water partition coefficient (Wildman–Crippen LogP) is -1.61. The number of piperazine rings is 1. The summed E-state index contributed by atoms with van der Waals surface area (Å²) >= 11 is 0. The minimum Gasteiger partial charge on any atom is -0.342 e. The van der Waals surface area contributed by atoms with Gasteiger partial charge >= 0.3 is 0 Å². The first-order chi connectivity index (χ1) is 7.50. The van der Waals surface area contributed by atoms with Crippen LogP contribution in [0.25, 0.3) is 0 Å². The molecule has 6 heteroatoms. The monoisotopic (exact) mass is 225 g/mol. The number of fused-ring (bicyclic) bond motifs is 1. The molecule has 3 unspecified atom stereocenters. The molecule has 0 radical (unpaired) electrons. The zero-order chi connectivity index (χ0) is 11.9. The number of nitrogens with two attached hydrogens (primary N) is 1. The van der Waals surface area contributed by atoms with Crippen molar-refractivity contribution in [2.45, 2.75) is 37.9 Å². The van der Waals surface area contributed by atoms with Crippen LogP contribution in [0.2, 0.25) is 0 Å². The van der Waals surface area contributed by atoms with E-state index in [4.69, 9.17) is 5.73 Å². The number of amides is 2. The van der Waals surface area contributed by atoms with E-state index in [-0.39, 0.29) is 30.1 Å². The standard InChI is InChI=1S/C10H15N3O3/c1-5(14)4-7-10(16)13-3-2-6(11)8(13)9(15)12-7/h6-8H,2-4,11H2,1H3,(H,12,15). The van der Waals surface area contributed by atoms with Gasteiger partial charge in [-0.25, -0.2) is 0 Å². The molecule has 2 saturated heterocycles. The third-order valence-corrected chi connectivity index (χ3v) is 3.10. The second kappa shape index (κ2) is 3.86. The number of ketones is 1. The quantitative estimate of drug-likeness (QED) is 0.591. The van der Waals surface area contributed by atoms with Crippen LogP contribution in [0.4, 0.5) is 0 Å². The van der Waals surface area contributed by atoms with Crippen LogP contribution in [0.5, 0.6) is 0 Å². The van der Waals surface area contributed by atoms with E-state index >= 15 is 0 Å². The maximum atomic E-state index is 11.9. The highest BCUT2D eigenvalue weighted by molar-refractivity contribution is 6.00. The van der Waals surface area contributed by atoms with Gasteiger partial charge in [-0.2, -0.15) is 0 Å². The average molecular weight is 225 g/mol. The van der Waals surface area contributed by atoms with Gasteiger partial charge in [-0.05, 0) is 13.3 Å². The van der Waals surface area contributed by atoms with E-state index in [0.717, 1.165) is 0 Å². The number of nitrogens with one attached hydrogen (secondary N) is 1.